The van der Waals surface area contributed by atoms with Gasteiger partial charge in [0.05, 0.1) is 12.2 Å². The normalized spacial score (nSPS) is 10.6. The standard InChI is InChI=1S/C14H19N3S/c1-3-10-17-13(8-9-16-17)11-15-12-4-6-14(18-2)7-5-12/h4-9,15H,3,10-11H2,1-2H3. The van der Waals surface area contributed by atoms with E-state index in [0.717, 1.165) is 25.2 Å². The molecule has 0 spiro atoms. The Kier molecular flexibility index (Phi) is 4.70. The minimum atomic E-state index is 0.818. The molecule has 2 rings (SSSR count). The summed E-state index contributed by atoms with van der Waals surface area (Å²) in [6.07, 6.45) is 5.06. The first-order valence-electron chi connectivity index (χ1n) is 6.22. The fraction of sp³-hybridized carbons (Fsp3) is 0.357. The average molecular weight is 261 g/mol. The van der Waals surface area contributed by atoms with Crippen molar-refractivity contribution in [2.75, 3.05) is 11.6 Å². The summed E-state index contributed by atoms with van der Waals surface area (Å²) >= 11 is 1.76. The molecule has 0 aliphatic heterocycles. The third-order valence-corrected chi connectivity index (χ3v) is 3.55. The first kappa shape index (κ1) is 13.0. The van der Waals surface area contributed by atoms with Crippen LogP contribution in [0, 0.1) is 0 Å². The second kappa shape index (κ2) is 6.50. The fourth-order valence-electron chi connectivity index (χ4n) is 1.82. The van der Waals surface area contributed by atoms with Gasteiger partial charge in [0.1, 0.15) is 0 Å². The van der Waals surface area contributed by atoms with Crippen LogP contribution in [0.5, 0.6) is 0 Å². The summed E-state index contributed by atoms with van der Waals surface area (Å²) in [7, 11) is 0. The van der Waals surface area contributed by atoms with Crippen molar-refractivity contribution in [2.24, 2.45) is 0 Å². The van der Waals surface area contributed by atoms with Crippen LogP contribution in [-0.2, 0) is 13.1 Å². The molecule has 96 valence electrons. The number of benzene rings is 1. The number of rotatable bonds is 6. The van der Waals surface area contributed by atoms with Gasteiger partial charge in [0.25, 0.3) is 0 Å². The van der Waals surface area contributed by atoms with E-state index >= 15 is 0 Å². The van der Waals surface area contributed by atoms with Crippen molar-refractivity contribution in [2.45, 2.75) is 31.3 Å². The molecule has 0 aliphatic carbocycles. The molecule has 0 atom stereocenters. The Bertz CT molecular complexity index is 476. The van der Waals surface area contributed by atoms with Crippen LogP contribution in [0.15, 0.2) is 41.4 Å². The van der Waals surface area contributed by atoms with Crippen LogP contribution < -0.4 is 5.32 Å². The Hall–Kier alpha value is -1.42. The van der Waals surface area contributed by atoms with Crippen molar-refractivity contribution in [3.05, 3.63) is 42.2 Å². The summed E-state index contributed by atoms with van der Waals surface area (Å²) in [5.41, 5.74) is 2.38. The van der Waals surface area contributed by atoms with Gasteiger partial charge in [-0.25, -0.2) is 0 Å². The second-order valence-corrected chi connectivity index (χ2v) is 5.01. The lowest BCUT2D eigenvalue weighted by Gasteiger charge is -2.09. The molecule has 18 heavy (non-hydrogen) atoms. The molecule has 0 aliphatic rings. The first-order chi connectivity index (χ1) is 8.83. The maximum absolute atomic E-state index is 4.32. The molecule has 4 heteroatoms. The van der Waals surface area contributed by atoms with Crippen molar-refractivity contribution >= 4 is 17.4 Å². The zero-order valence-electron chi connectivity index (χ0n) is 10.9. The summed E-state index contributed by atoms with van der Waals surface area (Å²) in [6, 6.07) is 10.6. The van der Waals surface area contributed by atoms with Crippen LogP contribution in [0.2, 0.25) is 0 Å². The van der Waals surface area contributed by atoms with Crippen LogP contribution in [0.25, 0.3) is 0 Å². The number of anilines is 1. The van der Waals surface area contributed by atoms with Gasteiger partial charge >= 0.3 is 0 Å². The fourth-order valence-corrected chi connectivity index (χ4v) is 2.23. The first-order valence-corrected chi connectivity index (χ1v) is 7.44. The third kappa shape index (κ3) is 3.29. The number of aryl methyl sites for hydroxylation is 1. The highest BCUT2D eigenvalue weighted by atomic mass is 32.2. The van der Waals surface area contributed by atoms with E-state index < -0.39 is 0 Å². The number of nitrogens with zero attached hydrogens (tertiary/aromatic N) is 2. The van der Waals surface area contributed by atoms with E-state index in [1.165, 1.54) is 10.6 Å². The van der Waals surface area contributed by atoms with Gasteiger partial charge in [0, 0.05) is 23.3 Å². The Morgan fingerprint density at radius 1 is 1.22 bits per heavy atom. The largest absolute Gasteiger partial charge is 0.379 e. The predicted molar refractivity (Wildman–Crippen MR) is 78.1 cm³/mol. The lowest BCUT2D eigenvalue weighted by molar-refractivity contribution is 0.578. The molecule has 3 nitrogen and oxygen atoms in total. The van der Waals surface area contributed by atoms with Gasteiger partial charge in [-0.2, -0.15) is 5.10 Å². The topological polar surface area (TPSA) is 29.9 Å². The van der Waals surface area contributed by atoms with Crippen LogP contribution in [0.3, 0.4) is 0 Å². The minimum Gasteiger partial charge on any atom is -0.379 e. The SMILES string of the molecule is CCCn1nccc1CNc1ccc(SC)cc1. The van der Waals surface area contributed by atoms with Crippen LogP contribution in [0.1, 0.15) is 19.0 Å². The van der Waals surface area contributed by atoms with Gasteiger partial charge in [0.15, 0.2) is 0 Å². The molecular weight excluding hydrogens is 242 g/mol. The lowest BCUT2D eigenvalue weighted by atomic mass is 10.3. The van der Waals surface area contributed by atoms with Gasteiger partial charge in [-0.05, 0) is 43.0 Å². The van der Waals surface area contributed by atoms with E-state index in [4.69, 9.17) is 0 Å². The maximum atomic E-state index is 4.32. The Balaban J connectivity index is 1.95. The average Bonchev–Trinajstić information content (AvgIpc) is 2.85. The van der Waals surface area contributed by atoms with E-state index in [-0.39, 0.29) is 0 Å². The highest BCUT2D eigenvalue weighted by Gasteiger charge is 2.01. The quantitative estimate of drug-likeness (QED) is 0.805. The van der Waals surface area contributed by atoms with Crippen molar-refractivity contribution in [3.63, 3.8) is 0 Å². The Morgan fingerprint density at radius 3 is 2.67 bits per heavy atom. The number of hydrogen-bond donors (Lipinski definition) is 1. The van der Waals surface area contributed by atoms with Crippen molar-refractivity contribution in [3.8, 4) is 0 Å². The molecule has 1 aromatic heterocycles. The summed E-state index contributed by atoms with van der Waals surface area (Å²) < 4.78 is 2.06. The number of aromatic nitrogens is 2. The monoisotopic (exact) mass is 261 g/mol. The lowest BCUT2D eigenvalue weighted by Crippen LogP contribution is -2.08. The summed E-state index contributed by atoms with van der Waals surface area (Å²) in [5.74, 6) is 0. The van der Waals surface area contributed by atoms with Gasteiger partial charge in [-0.1, -0.05) is 6.92 Å². The molecule has 1 aromatic carbocycles. The molecular formula is C14H19N3S. The summed E-state index contributed by atoms with van der Waals surface area (Å²) in [4.78, 5) is 1.29. The van der Waals surface area contributed by atoms with Gasteiger partial charge in [-0.15, -0.1) is 11.8 Å². The van der Waals surface area contributed by atoms with E-state index in [1.54, 1.807) is 11.8 Å². The Morgan fingerprint density at radius 2 is 2.00 bits per heavy atom. The number of hydrogen-bond acceptors (Lipinski definition) is 3. The molecule has 0 saturated carbocycles. The zero-order chi connectivity index (χ0) is 12.8. The van der Waals surface area contributed by atoms with Gasteiger partial charge < -0.3 is 5.32 Å². The maximum Gasteiger partial charge on any atom is 0.0575 e. The molecule has 1 N–H and O–H groups in total. The summed E-state index contributed by atoms with van der Waals surface area (Å²) in [6.45, 7) is 3.97. The van der Waals surface area contributed by atoms with E-state index in [9.17, 15) is 0 Å². The highest BCUT2D eigenvalue weighted by molar-refractivity contribution is 7.98. The Labute approximate surface area is 113 Å². The smallest absolute Gasteiger partial charge is 0.0575 e. The van der Waals surface area contributed by atoms with Crippen LogP contribution >= 0.6 is 11.8 Å². The van der Waals surface area contributed by atoms with Gasteiger partial charge in [0.2, 0.25) is 0 Å². The third-order valence-electron chi connectivity index (χ3n) is 2.80. The second-order valence-electron chi connectivity index (χ2n) is 4.13. The number of nitrogens with one attached hydrogen (secondary N) is 1. The predicted octanol–water partition coefficient (Wildman–Crippen LogP) is 3.63. The number of thioether (sulfide) groups is 1. The molecule has 2 aromatic rings. The molecule has 0 saturated heterocycles. The van der Waals surface area contributed by atoms with E-state index in [0.29, 0.717) is 0 Å². The minimum absolute atomic E-state index is 0.818. The van der Waals surface area contributed by atoms with Crippen molar-refractivity contribution in [1.82, 2.24) is 9.78 Å². The van der Waals surface area contributed by atoms with Gasteiger partial charge in [-0.3, -0.25) is 4.68 Å². The van der Waals surface area contributed by atoms with Crippen molar-refractivity contribution < 1.29 is 0 Å². The molecule has 1 heterocycles. The van der Waals surface area contributed by atoms with Crippen LogP contribution in [-0.4, -0.2) is 16.0 Å². The molecule has 0 unspecified atom stereocenters. The van der Waals surface area contributed by atoms with E-state index in [2.05, 4.69) is 58.6 Å². The molecule has 0 fully saturated rings. The van der Waals surface area contributed by atoms with E-state index in [1.807, 2.05) is 6.20 Å². The zero-order valence-corrected chi connectivity index (χ0v) is 11.7. The molecule has 0 amide bonds. The molecule has 0 radical (unpaired) electrons. The van der Waals surface area contributed by atoms with Crippen molar-refractivity contribution in [1.29, 1.82) is 0 Å². The highest BCUT2D eigenvalue weighted by Crippen LogP contribution is 2.17. The molecule has 0 bridgehead atoms. The van der Waals surface area contributed by atoms with Crippen LogP contribution in [0.4, 0.5) is 5.69 Å². The summed E-state index contributed by atoms with van der Waals surface area (Å²) in [5, 5.41) is 7.75.